The lowest BCUT2D eigenvalue weighted by molar-refractivity contribution is -0.120. The molecule has 1 aromatic carbocycles. The molecule has 2 rings (SSSR count). The summed E-state index contributed by atoms with van der Waals surface area (Å²) < 4.78 is 31.1. The van der Waals surface area contributed by atoms with Crippen LogP contribution in [-0.2, 0) is 4.79 Å². The summed E-state index contributed by atoms with van der Waals surface area (Å²) in [6.07, 6.45) is 1.35. The molecule has 1 heterocycles. The lowest BCUT2D eigenvalue weighted by Gasteiger charge is -2.08. The number of halogens is 2. The molecule has 0 aliphatic rings. The zero-order valence-electron chi connectivity index (χ0n) is 13.7. The first kappa shape index (κ1) is 19.1. The van der Waals surface area contributed by atoms with Crippen LogP contribution in [0.25, 0.3) is 0 Å². The zero-order valence-corrected chi connectivity index (χ0v) is 13.7. The smallest absolute Gasteiger partial charge is 0.287 e. The van der Waals surface area contributed by atoms with Crippen LogP contribution < -0.4 is 16.0 Å². The molecular formula is C17H17F2N3O4. The van der Waals surface area contributed by atoms with E-state index in [-0.39, 0.29) is 43.3 Å². The molecule has 0 radical (unpaired) electrons. The number of hydrogen-bond acceptors (Lipinski definition) is 4. The van der Waals surface area contributed by atoms with Crippen LogP contribution >= 0.6 is 0 Å². The molecule has 0 spiro atoms. The number of nitrogens with one attached hydrogen (secondary N) is 3. The molecule has 7 nitrogen and oxygen atoms in total. The molecule has 3 N–H and O–H groups in total. The molecule has 9 heteroatoms. The molecular weight excluding hydrogens is 348 g/mol. The summed E-state index contributed by atoms with van der Waals surface area (Å²) in [4.78, 5) is 34.9. The Morgan fingerprint density at radius 1 is 0.923 bits per heavy atom. The molecule has 26 heavy (non-hydrogen) atoms. The maximum Gasteiger partial charge on any atom is 0.287 e. The number of carbonyl (C=O) groups excluding carboxylic acids is 3. The van der Waals surface area contributed by atoms with Crippen LogP contribution in [0.5, 0.6) is 0 Å². The van der Waals surface area contributed by atoms with Crippen LogP contribution in [0.2, 0.25) is 0 Å². The van der Waals surface area contributed by atoms with Gasteiger partial charge in [0.15, 0.2) is 5.76 Å². The van der Waals surface area contributed by atoms with Gasteiger partial charge in [-0.2, -0.15) is 0 Å². The van der Waals surface area contributed by atoms with Crippen LogP contribution in [-0.4, -0.2) is 37.4 Å². The van der Waals surface area contributed by atoms with E-state index in [1.807, 2.05) is 0 Å². The second kappa shape index (κ2) is 9.30. The molecule has 0 aliphatic heterocycles. The van der Waals surface area contributed by atoms with Gasteiger partial charge < -0.3 is 20.4 Å². The standard InChI is InChI=1S/C17H17F2N3O4/c18-11-3-4-12(13(19)10-11)16(24)21-6-5-15(23)20-7-8-22-17(25)14-2-1-9-26-14/h1-4,9-10H,5-8H2,(H,20,23)(H,21,24)(H,22,25). The van der Waals surface area contributed by atoms with Gasteiger partial charge >= 0.3 is 0 Å². The molecule has 0 atom stereocenters. The van der Waals surface area contributed by atoms with E-state index >= 15 is 0 Å². The van der Waals surface area contributed by atoms with E-state index < -0.39 is 23.4 Å². The molecule has 1 aromatic heterocycles. The summed E-state index contributed by atoms with van der Waals surface area (Å²) in [6.45, 7) is 0.393. The zero-order chi connectivity index (χ0) is 18.9. The van der Waals surface area contributed by atoms with Gasteiger partial charge in [0.25, 0.3) is 11.8 Å². The fourth-order valence-electron chi connectivity index (χ4n) is 2.02. The highest BCUT2D eigenvalue weighted by atomic mass is 19.1. The van der Waals surface area contributed by atoms with Gasteiger partial charge in [0.1, 0.15) is 11.6 Å². The maximum atomic E-state index is 13.4. The summed E-state index contributed by atoms with van der Waals surface area (Å²) >= 11 is 0. The van der Waals surface area contributed by atoms with Crippen LogP contribution in [0.1, 0.15) is 27.3 Å². The minimum atomic E-state index is -0.973. The minimum absolute atomic E-state index is 0.0137. The second-order valence-corrected chi connectivity index (χ2v) is 5.21. The third-order valence-corrected chi connectivity index (χ3v) is 3.29. The van der Waals surface area contributed by atoms with Crippen LogP contribution in [0.15, 0.2) is 41.0 Å². The average molecular weight is 365 g/mol. The lowest BCUT2D eigenvalue weighted by atomic mass is 10.2. The summed E-state index contributed by atoms with van der Waals surface area (Å²) in [5.41, 5.74) is -0.299. The molecule has 3 amide bonds. The fraction of sp³-hybridized carbons (Fsp3) is 0.235. The minimum Gasteiger partial charge on any atom is -0.459 e. The van der Waals surface area contributed by atoms with Crippen molar-refractivity contribution in [3.05, 3.63) is 59.6 Å². The first-order chi connectivity index (χ1) is 12.5. The van der Waals surface area contributed by atoms with Crippen molar-refractivity contribution in [1.82, 2.24) is 16.0 Å². The molecule has 0 unspecified atom stereocenters. The third-order valence-electron chi connectivity index (χ3n) is 3.29. The van der Waals surface area contributed by atoms with E-state index in [0.29, 0.717) is 6.07 Å². The number of rotatable bonds is 8. The Bertz CT molecular complexity index is 778. The van der Waals surface area contributed by atoms with Crippen LogP contribution in [0.4, 0.5) is 8.78 Å². The van der Waals surface area contributed by atoms with E-state index in [4.69, 9.17) is 4.42 Å². The third kappa shape index (κ3) is 5.69. The highest BCUT2D eigenvalue weighted by molar-refractivity contribution is 5.94. The number of benzene rings is 1. The highest BCUT2D eigenvalue weighted by Gasteiger charge is 2.12. The van der Waals surface area contributed by atoms with Crippen molar-refractivity contribution in [3.63, 3.8) is 0 Å². The Balaban J connectivity index is 1.61. The van der Waals surface area contributed by atoms with Gasteiger partial charge in [-0.05, 0) is 24.3 Å². The van der Waals surface area contributed by atoms with Gasteiger partial charge in [-0.25, -0.2) is 8.78 Å². The predicted molar refractivity (Wildman–Crippen MR) is 87.4 cm³/mol. The van der Waals surface area contributed by atoms with Crippen molar-refractivity contribution in [2.75, 3.05) is 19.6 Å². The normalized spacial score (nSPS) is 10.2. The van der Waals surface area contributed by atoms with E-state index in [1.54, 1.807) is 6.07 Å². The fourth-order valence-corrected chi connectivity index (χ4v) is 2.02. The summed E-state index contributed by atoms with van der Waals surface area (Å²) in [7, 11) is 0. The Morgan fingerprint density at radius 3 is 2.35 bits per heavy atom. The highest BCUT2D eigenvalue weighted by Crippen LogP contribution is 2.09. The Morgan fingerprint density at radius 2 is 1.65 bits per heavy atom. The molecule has 0 bridgehead atoms. The SMILES string of the molecule is O=C(CCNC(=O)c1ccc(F)cc1F)NCCNC(=O)c1ccco1. The monoisotopic (exact) mass is 365 g/mol. The molecule has 0 aliphatic carbocycles. The molecule has 0 saturated heterocycles. The number of carbonyl (C=O) groups is 3. The average Bonchev–Trinajstić information content (AvgIpc) is 3.13. The molecule has 0 saturated carbocycles. The predicted octanol–water partition coefficient (Wildman–Crippen LogP) is 1.22. The Hall–Kier alpha value is -3.23. The van der Waals surface area contributed by atoms with E-state index in [1.165, 1.54) is 12.3 Å². The summed E-state index contributed by atoms with van der Waals surface area (Å²) in [5.74, 6) is -3.06. The van der Waals surface area contributed by atoms with Crippen molar-refractivity contribution in [1.29, 1.82) is 0 Å². The van der Waals surface area contributed by atoms with Gasteiger partial charge in [-0.1, -0.05) is 0 Å². The van der Waals surface area contributed by atoms with E-state index in [0.717, 1.165) is 12.1 Å². The number of furan rings is 1. The maximum absolute atomic E-state index is 13.4. The Labute approximate surface area is 147 Å². The van der Waals surface area contributed by atoms with Gasteiger partial charge in [-0.15, -0.1) is 0 Å². The Kier molecular flexibility index (Phi) is 6.84. The summed E-state index contributed by atoms with van der Waals surface area (Å²) in [6, 6.07) is 5.71. The topological polar surface area (TPSA) is 100 Å². The van der Waals surface area contributed by atoms with Crippen LogP contribution in [0, 0.1) is 11.6 Å². The first-order valence-electron chi connectivity index (χ1n) is 7.79. The second-order valence-electron chi connectivity index (χ2n) is 5.21. The number of hydrogen-bond donors (Lipinski definition) is 3. The van der Waals surface area contributed by atoms with Gasteiger partial charge in [0.2, 0.25) is 5.91 Å². The van der Waals surface area contributed by atoms with Crippen molar-refractivity contribution >= 4 is 17.7 Å². The van der Waals surface area contributed by atoms with Crippen molar-refractivity contribution in [2.45, 2.75) is 6.42 Å². The van der Waals surface area contributed by atoms with Gasteiger partial charge in [-0.3, -0.25) is 14.4 Å². The van der Waals surface area contributed by atoms with Crippen molar-refractivity contribution in [2.24, 2.45) is 0 Å². The lowest BCUT2D eigenvalue weighted by Crippen LogP contribution is -2.36. The number of amides is 3. The quantitative estimate of drug-likeness (QED) is 0.613. The first-order valence-corrected chi connectivity index (χ1v) is 7.79. The molecule has 0 fully saturated rings. The van der Waals surface area contributed by atoms with E-state index in [2.05, 4.69) is 16.0 Å². The van der Waals surface area contributed by atoms with Crippen molar-refractivity contribution < 1.29 is 27.6 Å². The van der Waals surface area contributed by atoms with E-state index in [9.17, 15) is 23.2 Å². The largest absolute Gasteiger partial charge is 0.459 e. The van der Waals surface area contributed by atoms with Crippen LogP contribution in [0.3, 0.4) is 0 Å². The molecule has 2 aromatic rings. The molecule has 138 valence electrons. The van der Waals surface area contributed by atoms with Gasteiger partial charge in [0, 0.05) is 32.1 Å². The van der Waals surface area contributed by atoms with Gasteiger partial charge in [0.05, 0.1) is 11.8 Å². The summed E-state index contributed by atoms with van der Waals surface area (Å²) in [5, 5.41) is 7.49. The van der Waals surface area contributed by atoms with Crippen molar-refractivity contribution in [3.8, 4) is 0 Å².